The van der Waals surface area contributed by atoms with Crippen LogP contribution in [0.15, 0.2) is 17.5 Å². The average molecular weight is 305 g/mol. The topological polar surface area (TPSA) is 35.6 Å². The minimum absolute atomic E-state index is 0.00690. The Kier molecular flexibility index (Phi) is 3.52. The number of nitrogens with zero attached hydrogens (tertiary/aromatic N) is 2. The number of amides is 1. The third kappa shape index (κ3) is 2.22. The van der Waals surface area contributed by atoms with Gasteiger partial charge in [0.2, 0.25) is 5.91 Å². The zero-order chi connectivity index (χ0) is 14.4. The summed E-state index contributed by atoms with van der Waals surface area (Å²) in [5, 5.41) is 5.67. The van der Waals surface area contributed by atoms with Gasteiger partial charge in [0.05, 0.1) is 6.04 Å². The maximum atomic E-state index is 12.9. The minimum Gasteiger partial charge on any atom is -0.316 e. The SMILES string of the molecule is CCC1NC(c2cccs2)N(C2CN3CCC2CC3)C1=O. The lowest BCUT2D eigenvalue weighted by atomic mass is 9.83. The van der Waals surface area contributed by atoms with Gasteiger partial charge in [-0.05, 0) is 49.7 Å². The predicted octanol–water partition coefficient (Wildman–Crippen LogP) is 2.05. The van der Waals surface area contributed by atoms with E-state index >= 15 is 0 Å². The largest absolute Gasteiger partial charge is 0.316 e. The quantitative estimate of drug-likeness (QED) is 0.928. The highest BCUT2D eigenvalue weighted by Crippen LogP contribution is 2.38. The van der Waals surface area contributed by atoms with Crippen molar-refractivity contribution in [3.8, 4) is 0 Å². The lowest BCUT2D eigenvalue weighted by molar-refractivity contribution is -0.136. The standard InChI is InChI=1S/C16H23N3OS/c1-2-12-16(20)19(15(17-12)14-4-3-9-21-14)13-10-18-7-5-11(13)6-8-18/h3-4,9,11-13,15,17H,2,5-8,10H2,1H3. The summed E-state index contributed by atoms with van der Waals surface area (Å²) in [6, 6.07) is 4.63. The minimum atomic E-state index is -0.00690. The Morgan fingerprint density at radius 3 is 2.76 bits per heavy atom. The fraction of sp³-hybridized carbons (Fsp3) is 0.688. The van der Waals surface area contributed by atoms with Gasteiger partial charge < -0.3 is 9.80 Å². The van der Waals surface area contributed by atoms with Crippen LogP contribution in [-0.4, -0.2) is 47.4 Å². The summed E-state index contributed by atoms with van der Waals surface area (Å²) in [6.07, 6.45) is 3.47. The Morgan fingerprint density at radius 1 is 1.38 bits per heavy atom. The van der Waals surface area contributed by atoms with Gasteiger partial charge >= 0.3 is 0 Å². The molecule has 0 saturated carbocycles. The van der Waals surface area contributed by atoms with Gasteiger partial charge in [0.1, 0.15) is 6.17 Å². The molecule has 1 aromatic rings. The van der Waals surface area contributed by atoms with Crippen LogP contribution >= 0.6 is 11.3 Å². The second-order valence-electron chi connectivity index (χ2n) is 6.50. The molecule has 2 bridgehead atoms. The summed E-state index contributed by atoms with van der Waals surface area (Å²) in [4.78, 5) is 18.9. The van der Waals surface area contributed by atoms with Gasteiger partial charge in [-0.25, -0.2) is 0 Å². The van der Waals surface area contributed by atoms with E-state index < -0.39 is 0 Å². The molecule has 5 heterocycles. The second-order valence-corrected chi connectivity index (χ2v) is 7.48. The van der Waals surface area contributed by atoms with E-state index in [9.17, 15) is 4.79 Å². The summed E-state index contributed by atoms with van der Waals surface area (Å²) in [5.41, 5.74) is 0. The number of hydrogen-bond acceptors (Lipinski definition) is 4. The van der Waals surface area contributed by atoms with Crippen LogP contribution in [0.25, 0.3) is 0 Å². The Labute approximate surface area is 130 Å². The molecule has 114 valence electrons. The van der Waals surface area contributed by atoms with E-state index in [4.69, 9.17) is 0 Å². The molecule has 4 aliphatic rings. The number of nitrogens with one attached hydrogen (secondary N) is 1. The highest BCUT2D eigenvalue weighted by atomic mass is 32.1. The van der Waals surface area contributed by atoms with Crippen LogP contribution in [0.3, 0.4) is 0 Å². The highest BCUT2D eigenvalue weighted by Gasteiger charge is 2.47. The molecule has 3 unspecified atom stereocenters. The van der Waals surface area contributed by atoms with Crippen LogP contribution in [0.4, 0.5) is 0 Å². The summed E-state index contributed by atoms with van der Waals surface area (Å²) in [7, 11) is 0. The van der Waals surface area contributed by atoms with Crippen LogP contribution < -0.4 is 5.32 Å². The Morgan fingerprint density at radius 2 is 2.19 bits per heavy atom. The number of rotatable bonds is 3. The van der Waals surface area contributed by atoms with Crippen molar-refractivity contribution in [1.82, 2.24) is 15.1 Å². The summed E-state index contributed by atoms with van der Waals surface area (Å²) in [6.45, 7) is 5.60. The molecule has 4 saturated heterocycles. The lowest BCUT2D eigenvalue weighted by Crippen LogP contribution is -2.58. The molecule has 0 aliphatic carbocycles. The third-order valence-electron chi connectivity index (χ3n) is 5.39. The summed E-state index contributed by atoms with van der Waals surface area (Å²) < 4.78 is 0. The van der Waals surface area contributed by atoms with Gasteiger partial charge in [0.15, 0.2) is 0 Å². The van der Waals surface area contributed by atoms with Gasteiger partial charge in [-0.2, -0.15) is 0 Å². The molecule has 4 fully saturated rings. The van der Waals surface area contributed by atoms with E-state index in [1.807, 2.05) is 0 Å². The van der Waals surface area contributed by atoms with Gasteiger partial charge in [-0.3, -0.25) is 10.1 Å². The van der Waals surface area contributed by atoms with Crippen LogP contribution in [0.2, 0.25) is 0 Å². The van der Waals surface area contributed by atoms with Crippen molar-refractivity contribution in [1.29, 1.82) is 0 Å². The normalized spacial score (nSPS) is 39.2. The molecule has 4 nitrogen and oxygen atoms in total. The summed E-state index contributed by atoms with van der Waals surface area (Å²) in [5.74, 6) is 1.01. The first-order valence-corrected chi connectivity index (χ1v) is 9.00. The number of fused-ring (bicyclic) bond motifs is 3. The molecule has 0 radical (unpaired) electrons. The van der Waals surface area contributed by atoms with Crippen molar-refractivity contribution in [2.75, 3.05) is 19.6 Å². The molecule has 3 atom stereocenters. The van der Waals surface area contributed by atoms with Crippen molar-refractivity contribution >= 4 is 17.2 Å². The molecule has 0 spiro atoms. The van der Waals surface area contributed by atoms with E-state index in [0.29, 0.717) is 17.9 Å². The van der Waals surface area contributed by atoms with Gasteiger partial charge in [0.25, 0.3) is 0 Å². The highest BCUT2D eigenvalue weighted by molar-refractivity contribution is 7.10. The number of hydrogen-bond donors (Lipinski definition) is 1. The van der Waals surface area contributed by atoms with Crippen molar-refractivity contribution in [3.05, 3.63) is 22.4 Å². The number of piperidine rings is 3. The lowest BCUT2D eigenvalue weighted by Gasteiger charge is -2.49. The van der Waals surface area contributed by atoms with Crippen LogP contribution in [-0.2, 0) is 4.79 Å². The molecule has 21 heavy (non-hydrogen) atoms. The molecular weight excluding hydrogens is 282 g/mol. The first-order valence-electron chi connectivity index (χ1n) is 8.12. The fourth-order valence-electron chi connectivity index (χ4n) is 4.21. The number of carbonyl (C=O) groups excluding carboxylic acids is 1. The van der Waals surface area contributed by atoms with Gasteiger partial charge in [0, 0.05) is 17.5 Å². The zero-order valence-electron chi connectivity index (χ0n) is 12.5. The Balaban J connectivity index is 1.65. The molecule has 1 amide bonds. The van der Waals surface area contributed by atoms with Crippen molar-refractivity contribution in [2.45, 2.75) is 44.4 Å². The Hall–Kier alpha value is -0.910. The smallest absolute Gasteiger partial charge is 0.241 e. The van der Waals surface area contributed by atoms with Crippen molar-refractivity contribution < 1.29 is 4.79 Å². The van der Waals surface area contributed by atoms with Crippen molar-refractivity contribution in [3.63, 3.8) is 0 Å². The van der Waals surface area contributed by atoms with E-state index in [0.717, 1.165) is 13.0 Å². The first kappa shape index (κ1) is 13.7. The maximum absolute atomic E-state index is 12.9. The molecular formula is C16H23N3OS. The molecule has 0 aromatic carbocycles. The summed E-state index contributed by atoms with van der Waals surface area (Å²) >= 11 is 1.75. The average Bonchev–Trinajstić information content (AvgIpc) is 3.15. The Bertz CT molecular complexity index is 510. The molecule has 5 rings (SSSR count). The molecule has 4 aliphatic heterocycles. The van der Waals surface area contributed by atoms with E-state index in [1.165, 1.54) is 30.8 Å². The van der Waals surface area contributed by atoms with Crippen molar-refractivity contribution in [2.24, 2.45) is 5.92 Å². The number of thiophene rings is 1. The van der Waals surface area contributed by atoms with Crippen LogP contribution in [0, 0.1) is 5.92 Å². The molecule has 1 N–H and O–H groups in total. The van der Waals surface area contributed by atoms with Gasteiger partial charge in [-0.15, -0.1) is 11.3 Å². The predicted molar refractivity (Wildman–Crippen MR) is 84.1 cm³/mol. The fourth-order valence-corrected chi connectivity index (χ4v) is 4.99. The second kappa shape index (κ2) is 5.38. The van der Waals surface area contributed by atoms with Gasteiger partial charge in [-0.1, -0.05) is 13.0 Å². The maximum Gasteiger partial charge on any atom is 0.241 e. The first-order chi connectivity index (χ1) is 10.3. The van der Waals surface area contributed by atoms with Crippen LogP contribution in [0.5, 0.6) is 0 Å². The van der Waals surface area contributed by atoms with E-state index in [-0.39, 0.29) is 12.2 Å². The molecule has 1 aromatic heterocycles. The van der Waals surface area contributed by atoms with E-state index in [2.05, 4.69) is 39.6 Å². The zero-order valence-corrected chi connectivity index (χ0v) is 13.3. The van der Waals surface area contributed by atoms with Crippen LogP contribution in [0.1, 0.15) is 37.2 Å². The third-order valence-corrected chi connectivity index (χ3v) is 6.31. The van der Waals surface area contributed by atoms with E-state index in [1.54, 1.807) is 11.3 Å². The number of carbonyl (C=O) groups is 1. The monoisotopic (exact) mass is 305 g/mol. The molecule has 5 heteroatoms.